The lowest BCUT2D eigenvalue weighted by atomic mass is 10.1. The molecule has 1 aromatic rings. The Balaban J connectivity index is 2.61. The molecule has 0 atom stereocenters. The molecule has 0 aromatic heterocycles. The molecule has 0 fully saturated rings. The number of methoxy groups -OCH3 is 1. The number of benzene rings is 1. The maximum Gasteiger partial charge on any atom is 0.416 e. The highest BCUT2D eigenvalue weighted by atomic mass is 19.4. The second-order valence-corrected chi connectivity index (χ2v) is 4.22. The average molecular weight is 320 g/mol. The number of nitrogens with one attached hydrogen (secondary N) is 1. The molecule has 0 saturated heterocycles. The van der Waals surface area contributed by atoms with Crippen molar-refractivity contribution in [1.29, 1.82) is 0 Å². The fourth-order valence-electron chi connectivity index (χ4n) is 1.48. The van der Waals surface area contributed by atoms with E-state index in [4.69, 9.17) is 10.5 Å². The Labute approximate surface area is 124 Å². The zero-order valence-corrected chi connectivity index (χ0v) is 11.7. The maximum absolute atomic E-state index is 12.5. The van der Waals surface area contributed by atoms with E-state index in [0.717, 1.165) is 6.07 Å². The highest BCUT2D eigenvalue weighted by Gasteiger charge is 2.31. The molecular formula is C13H15F3N2O4. The van der Waals surface area contributed by atoms with Crippen LogP contribution in [0.1, 0.15) is 15.9 Å². The molecule has 22 heavy (non-hydrogen) atoms. The van der Waals surface area contributed by atoms with Gasteiger partial charge in [-0.2, -0.15) is 13.2 Å². The van der Waals surface area contributed by atoms with Gasteiger partial charge in [0.05, 0.1) is 17.7 Å². The van der Waals surface area contributed by atoms with E-state index in [1.165, 1.54) is 7.11 Å². The SMILES string of the molecule is COCCNC(=O)COC(=O)c1ccc(C(F)(F)F)cc1N. The van der Waals surface area contributed by atoms with E-state index in [9.17, 15) is 22.8 Å². The van der Waals surface area contributed by atoms with Crippen LogP contribution in [-0.2, 0) is 20.4 Å². The summed E-state index contributed by atoms with van der Waals surface area (Å²) in [5, 5.41) is 2.41. The number of alkyl halides is 3. The summed E-state index contributed by atoms with van der Waals surface area (Å²) in [5.41, 5.74) is 3.82. The maximum atomic E-state index is 12.5. The number of ether oxygens (including phenoxy) is 2. The zero-order chi connectivity index (χ0) is 16.8. The predicted molar refractivity (Wildman–Crippen MR) is 71.0 cm³/mol. The van der Waals surface area contributed by atoms with Gasteiger partial charge in [-0.05, 0) is 18.2 Å². The third-order valence-corrected chi connectivity index (χ3v) is 2.56. The van der Waals surface area contributed by atoms with Gasteiger partial charge < -0.3 is 20.5 Å². The molecule has 1 amide bonds. The Morgan fingerprint density at radius 1 is 1.32 bits per heavy atom. The molecule has 0 aliphatic heterocycles. The molecule has 0 aliphatic carbocycles. The predicted octanol–water partition coefficient (Wildman–Crippen LogP) is 1.21. The Hall–Kier alpha value is -2.29. The lowest BCUT2D eigenvalue weighted by Crippen LogP contribution is -2.31. The quantitative estimate of drug-likeness (QED) is 0.467. The van der Waals surface area contributed by atoms with Crippen LogP contribution in [0.3, 0.4) is 0 Å². The summed E-state index contributed by atoms with van der Waals surface area (Å²) in [6.07, 6.45) is -4.56. The summed E-state index contributed by atoms with van der Waals surface area (Å²) < 4.78 is 46.8. The first kappa shape index (κ1) is 17.8. The number of carbonyl (C=O) groups excluding carboxylic acids is 2. The lowest BCUT2D eigenvalue weighted by Gasteiger charge is -2.10. The van der Waals surface area contributed by atoms with E-state index in [1.807, 2.05) is 0 Å². The second kappa shape index (κ2) is 7.64. The van der Waals surface area contributed by atoms with E-state index in [2.05, 4.69) is 10.1 Å². The number of nitrogens with two attached hydrogens (primary N) is 1. The van der Waals surface area contributed by atoms with E-state index in [1.54, 1.807) is 0 Å². The fourth-order valence-corrected chi connectivity index (χ4v) is 1.48. The van der Waals surface area contributed by atoms with Gasteiger partial charge in [0.15, 0.2) is 6.61 Å². The minimum atomic E-state index is -4.56. The van der Waals surface area contributed by atoms with Crippen molar-refractivity contribution < 1.29 is 32.2 Å². The Bertz CT molecular complexity index is 547. The first-order chi connectivity index (χ1) is 10.3. The van der Waals surface area contributed by atoms with Crippen LogP contribution in [-0.4, -0.2) is 38.7 Å². The van der Waals surface area contributed by atoms with Gasteiger partial charge in [0.1, 0.15) is 0 Å². The van der Waals surface area contributed by atoms with Crippen LogP contribution >= 0.6 is 0 Å². The summed E-state index contributed by atoms with van der Waals surface area (Å²) in [7, 11) is 1.46. The number of hydrogen-bond acceptors (Lipinski definition) is 5. The largest absolute Gasteiger partial charge is 0.452 e. The Morgan fingerprint density at radius 3 is 2.55 bits per heavy atom. The topological polar surface area (TPSA) is 90.6 Å². The molecule has 0 spiro atoms. The van der Waals surface area contributed by atoms with Gasteiger partial charge in [-0.25, -0.2) is 4.79 Å². The van der Waals surface area contributed by atoms with Crippen LogP contribution < -0.4 is 11.1 Å². The van der Waals surface area contributed by atoms with Gasteiger partial charge in [0.2, 0.25) is 0 Å². The van der Waals surface area contributed by atoms with Gasteiger partial charge in [0.25, 0.3) is 5.91 Å². The van der Waals surface area contributed by atoms with E-state index in [0.29, 0.717) is 18.7 Å². The smallest absolute Gasteiger partial charge is 0.416 e. The Kier molecular flexibility index (Phi) is 6.17. The van der Waals surface area contributed by atoms with Crippen LogP contribution in [0.5, 0.6) is 0 Å². The van der Waals surface area contributed by atoms with Gasteiger partial charge in [0, 0.05) is 19.3 Å². The van der Waals surface area contributed by atoms with Crippen LogP contribution in [0.25, 0.3) is 0 Å². The zero-order valence-electron chi connectivity index (χ0n) is 11.7. The van der Waals surface area contributed by atoms with Crippen molar-refractivity contribution in [1.82, 2.24) is 5.32 Å². The molecule has 0 heterocycles. The molecule has 0 saturated carbocycles. The van der Waals surface area contributed by atoms with Crippen molar-refractivity contribution >= 4 is 17.6 Å². The van der Waals surface area contributed by atoms with E-state index in [-0.39, 0.29) is 17.8 Å². The van der Waals surface area contributed by atoms with Crippen molar-refractivity contribution in [2.75, 3.05) is 32.6 Å². The summed E-state index contributed by atoms with van der Waals surface area (Å²) in [6.45, 7) is -0.0240. The molecule has 0 radical (unpaired) electrons. The first-order valence-corrected chi connectivity index (χ1v) is 6.15. The molecule has 6 nitrogen and oxygen atoms in total. The molecule has 122 valence electrons. The molecule has 0 aliphatic rings. The summed E-state index contributed by atoms with van der Waals surface area (Å²) >= 11 is 0. The second-order valence-electron chi connectivity index (χ2n) is 4.22. The van der Waals surface area contributed by atoms with E-state index >= 15 is 0 Å². The molecule has 1 rings (SSSR count). The summed E-state index contributed by atoms with van der Waals surface area (Å²) in [4.78, 5) is 23.0. The van der Waals surface area contributed by atoms with Crippen molar-refractivity contribution in [3.63, 3.8) is 0 Å². The molecule has 0 unspecified atom stereocenters. The number of carbonyl (C=O) groups is 2. The summed E-state index contributed by atoms with van der Waals surface area (Å²) in [6, 6.07) is 2.25. The lowest BCUT2D eigenvalue weighted by molar-refractivity contribution is -0.137. The average Bonchev–Trinajstić information content (AvgIpc) is 2.44. The monoisotopic (exact) mass is 320 g/mol. The summed E-state index contributed by atoms with van der Waals surface area (Å²) in [5.74, 6) is -1.54. The minimum absolute atomic E-state index is 0.238. The molecule has 1 aromatic carbocycles. The van der Waals surface area contributed by atoms with Crippen LogP contribution in [0, 0.1) is 0 Å². The van der Waals surface area contributed by atoms with Crippen molar-refractivity contribution in [2.24, 2.45) is 0 Å². The van der Waals surface area contributed by atoms with Gasteiger partial charge in [-0.15, -0.1) is 0 Å². The number of halogens is 3. The van der Waals surface area contributed by atoms with Crippen molar-refractivity contribution in [2.45, 2.75) is 6.18 Å². The van der Waals surface area contributed by atoms with Crippen LogP contribution in [0.15, 0.2) is 18.2 Å². The first-order valence-electron chi connectivity index (χ1n) is 6.15. The number of esters is 1. The van der Waals surface area contributed by atoms with E-state index < -0.39 is 30.2 Å². The molecule has 3 N–H and O–H groups in total. The van der Waals surface area contributed by atoms with Gasteiger partial charge >= 0.3 is 12.1 Å². The van der Waals surface area contributed by atoms with Crippen LogP contribution in [0.2, 0.25) is 0 Å². The molecule has 0 bridgehead atoms. The fraction of sp³-hybridized carbons (Fsp3) is 0.385. The highest BCUT2D eigenvalue weighted by Crippen LogP contribution is 2.31. The van der Waals surface area contributed by atoms with Gasteiger partial charge in [-0.1, -0.05) is 0 Å². The molecule has 9 heteroatoms. The Morgan fingerprint density at radius 2 is 2.00 bits per heavy atom. The standard InChI is InChI=1S/C13H15F3N2O4/c1-21-5-4-18-11(19)7-22-12(20)9-3-2-8(6-10(9)17)13(14,15)16/h2-3,6H,4-5,7,17H2,1H3,(H,18,19). The third-order valence-electron chi connectivity index (χ3n) is 2.56. The number of nitrogen functional groups attached to an aromatic ring is 1. The third kappa shape index (κ3) is 5.24. The van der Waals surface area contributed by atoms with Crippen LogP contribution in [0.4, 0.5) is 18.9 Å². The number of anilines is 1. The van der Waals surface area contributed by atoms with Gasteiger partial charge in [-0.3, -0.25) is 4.79 Å². The molecular weight excluding hydrogens is 305 g/mol. The normalized spacial score (nSPS) is 11.1. The van der Waals surface area contributed by atoms with Crippen molar-refractivity contribution in [3.8, 4) is 0 Å². The number of hydrogen-bond donors (Lipinski definition) is 2. The number of amides is 1. The van der Waals surface area contributed by atoms with Crippen molar-refractivity contribution in [3.05, 3.63) is 29.3 Å². The number of rotatable bonds is 6. The minimum Gasteiger partial charge on any atom is -0.452 e. The highest BCUT2D eigenvalue weighted by molar-refractivity contribution is 5.96.